The van der Waals surface area contributed by atoms with E-state index in [1.807, 2.05) is 32.0 Å². The zero-order valence-electron chi connectivity index (χ0n) is 8.77. The molecule has 4 nitrogen and oxygen atoms in total. The lowest BCUT2D eigenvalue weighted by molar-refractivity contribution is 0.233. The van der Waals surface area contributed by atoms with Crippen molar-refractivity contribution < 1.29 is 4.74 Å². The van der Waals surface area contributed by atoms with Crippen molar-refractivity contribution in [1.82, 2.24) is 9.97 Å². The number of hydrogen-bond donors (Lipinski definition) is 1. The molecule has 0 amide bonds. The maximum absolute atomic E-state index is 5.78. The molecule has 0 bridgehead atoms. The van der Waals surface area contributed by atoms with Crippen molar-refractivity contribution in [1.29, 1.82) is 0 Å². The maximum Gasteiger partial charge on any atom is 0.216 e. The number of pyridine rings is 2. The van der Waals surface area contributed by atoms with E-state index >= 15 is 0 Å². The van der Waals surface area contributed by atoms with Crippen molar-refractivity contribution in [3.05, 3.63) is 24.4 Å². The van der Waals surface area contributed by atoms with Gasteiger partial charge in [0.1, 0.15) is 5.52 Å². The number of aromatic nitrogens is 2. The molecular weight excluding hydrogens is 190 g/mol. The molecule has 0 saturated heterocycles. The molecule has 0 fully saturated rings. The Balaban J connectivity index is 2.52. The highest BCUT2D eigenvalue weighted by Gasteiger charge is 2.05. The Bertz CT molecular complexity index is 482. The van der Waals surface area contributed by atoms with Crippen molar-refractivity contribution >= 4 is 16.7 Å². The normalized spacial score (nSPS) is 10.9. The number of nitrogens with two attached hydrogens (primary N) is 1. The maximum atomic E-state index is 5.78. The summed E-state index contributed by atoms with van der Waals surface area (Å²) in [5.74, 6) is 0.951. The van der Waals surface area contributed by atoms with Crippen molar-refractivity contribution in [3.8, 4) is 5.88 Å². The van der Waals surface area contributed by atoms with Crippen LogP contribution in [0.1, 0.15) is 13.8 Å². The number of fused-ring (bicyclic) bond motifs is 1. The van der Waals surface area contributed by atoms with Crippen molar-refractivity contribution in [2.75, 3.05) is 5.73 Å². The van der Waals surface area contributed by atoms with Gasteiger partial charge in [0.2, 0.25) is 5.88 Å². The Morgan fingerprint density at radius 1 is 1.40 bits per heavy atom. The lowest BCUT2D eigenvalue weighted by atomic mass is 10.2. The van der Waals surface area contributed by atoms with E-state index in [4.69, 9.17) is 10.5 Å². The van der Waals surface area contributed by atoms with Crippen LogP contribution in [0.3, 0.4) is 0 Å². The first kappa shape index (κ1) is 9.71. The summed E-state index contributed by atoms with van der Waals surface area (Å²) in [6.45, 7) is 3.90. The molecule has 2 rings (SSSR count). The first-order valence-electron chi connectivity index (χ1n) is 4.84. The monoisotopic (exact) mass is 203 g/mol. The third-order valence-corrected chi connectivity index (χ3v) is 1.95. The lowest BCUT2D eigenvalue weighted by Crippen LogP contribution is -2.08. The predicted molar refractivity (Wildman–Crippen MR) is 59.7 cm³/mol. The minimum atomic E-state index is 0.0889. The van der Waals surface area contributed by atoms with Gasteiger partial charge in [0, 0.05) is 17.6 Å². The number of hydrogen-bond acceptors (Lipinski definition) is 4. The third kappa shape index (κ3) is 1.98. The van der Waals surface area contributed by atoms with E-state index in [9.17, 15) is 0 Å². The van der Waals surface area contributed by atoms with Gasteiger partial charge in [0.15, 0.2) is 5.82 Å². The summed E-state index contributed by atoms with van der Waals surface area (Å²) >= 11 is 0. The zero-order valence-corrected chi connectivity index (χ0v) is 8.77. The van der Waals surface area contributed by atoms with Gasteiger partial charge in [0.25, 0.3) is 0 Å². The molecular formula is C11H13N3O. The Morgan fingerprint density at radius 3 is 2.93 bits per heavy atom. The molecule has 0 aliphatic carbocycles. The molecule has 0 aliphatic rings. The predicted octanol–water partition coefficient (Wildman–Crippen LogP) is 2.00. The number of ether oxygens (including phenoxy) is 1. The number of nitrogens with zero attached hydrogens (tertiary/aromatic N) is 2. The van der Waals surface area contributed by atoms with Gasteiger partial charge in [-0.15, -0.1) is 0 Å². The zero-order chi connectivity index (χ0) is 10.8. The Kier molecular flexibility index (Phi) is 2.41. The second-order valence-electron chi connectivity index (χ2n) is 3.59. The summed E-state index contributed by atoms with van der Waals surface area (Å²) in [6, 6.07) is 5.65. The van der Waals surface area contributed by atoms with Gasteiger partial charge in [-0.2, -0.15) is 4.98 Å². The topological polar surface area (TPSA) is 61.0 Å². The molecule has 0 aromatic carbocycles. The summed E-state index contributed by atoms with van der Waals surface area (Å²) in [6.07, 6.45) is 1.79. The second kappa shape index (κ2) is 3.73. The summed E-state index contributed by atoms with van der Waals surface area (Å²) in [5.41, 5.74) is 6.50. The molecule has 15 heavy (non-hydrogen) atoms. The lowest BCUT2D eigenvalue weighted by Gasteiger charge is -2.10. The van der Waals surface area contributed by atoms with Crippen LogP contribution < -0.4 is 10.5 Å². The fraction of sp³-hybridized carbons (Fsp3) is 0.273. The summed E-state index contributed by atoms with van der Waals surface area (Å²) in [4.78, 5) is 8.29. The van der Waals surface area contributed by atoms with Crippen LogP contribution in [0.5, 0.6) is 5.88 Å². The fourth-order valence-electron chi connectivity index (χ4n) is 1.39. The van der Waals surface area contributed by atoms with Gasteiger partial charge in [-0.05, 0) is 19.9 Å². The SMILES string of the molecule is CC(C)Oc1cc2cccnc2c(N)n1. The molecule has 2 aromatic rings. The van der Waals surface area contributed by atoms with Gasteiger partial charge < -0.3 is 10.5 Å². The molecule has 0 atom stereocenters. The molecule has 78 valence electrons. The molecule has 0 spiro atoms. The van der Waals surface area contributed by atoms with E-state index in [1.165, 1.54) is 0 Å². The van der Waals surface area contributed by atoms with E-state index in [-0.39, 0.29) is 6.10 Å². The highest BCUT2D eigenvalue weighted by Crippen LogP contribution is 2.22. The van der Waals surface area contributed by atoms with Crippen LogP contribution in [0.25, 0.3) is 10.9 Å². The molecule has 0 aliphatic heterocycles. The Hall–Kier alpha value is -1.84. The van der Waals surface area contributed by atoms with Crippen molar-refractivity contribution in [2.24, 2.45) is 0 Å². The van der Waals surface area contributed by atoms with Gasteiger partial charge in [-0.3, -0.25) is 4.98 Å². The molecule has 4 heteroatoms. The van der Waals surface area contributed by atoms with E-state index in [2.05, 4.69) is 9.97 Å². The van der Waals surface area contributed by atoms with Gasteiger partial charge in [0.05, 0.1) is 6.10 Å². The van der Waals surface area contributed by atoms with Crippen LogP contribution in [0.4, 0.5) is 5.82 Å². The number of nitrogen functional groups attached to an aromatic ring is 1. The smallest absolute Gasteiger partial charge is 0.216 e. The molecule has 0 saturated carbocycles. The average Bonchev–Trinajstić information content (AvgIpc) is 2.16. The molecule has 0 unspecified atom stereocenters. The van der Waals surface area contributed by atoms with Crippen LogP contribution in [0.2, 0.25) is 0 Å². The minimum absolute atomic E-state index is 0.0889. The summed E-state index contributed by atoms with van der Waals surface area (Å²) < 4.78 is 5.48. The fourth-order valence-corrected chi connectivity index (χ4v) is 1.39. The van der Waals surface area contributed by atoms with E-state index in [1.54, 1.807) is 6.20 Å². The second-order valence-corrected chi connectivity index (χ2v) is 3.59. The first-order chi connectivity index (χ1) is 7.16. The highest BCUT2D eigenvalue weighted by molar-refractivity contribution is 5.87. The van der Waals surface area contributed by atoms with Crippen LogP contribution >= 0.6 is 0 Å². The van der Waals surface area contributed by atoms with Gasteiger partial charge in [-0.1, -0.05) is 6.07 Å². The van der Waals surface area contributed by atoms with Gasteiger partial charge >= 0.3 is 0 Å². The minimum Gasteiger partial charge on any atom is -0.475 e. The Morgan fingerprint density at radius 2 is 2.20 bits per heavy atom. The quantitative estimate of drug-likeness (QED) is 0.810. The van der Waals surface area contributed by atoms with E-state index in [0.717, 1.165) is 5.39 Å². The largest absolute Gasteiger partial charge is 0.475 e. The average molecular weight is 203 g/mol. The highest BCUT2D eigenvalue weighted by atomic mass is 16.5. The Labute approximate surface area is 88.1 Å². The van der Waals surface area contributed by atoms with E-state index in [0.29, 0.717) is 17.2 Å². The van der Waals surface area contributed by atoms with Gasteiger partial charge in [-0.25, -0.2) is 0 Å². The standard InChI is InChI=1S/C11H13N3O/c1-7(2)15-9-6-8-4-3-5-13-10(8)11(12)14-9/h3-7H,1-2H3,(H2,12,14). The third-order valence-electron chi connectivity index (χ3n) is 1.95. The van der Waals surface area contributed by atoms with Crippen molar-refractivity contribution in [3.63, 3.8) is 0 Å². The van der Waals surface area contributed by atoms with Crippen LogP contribution in [-0.2, 0) is 0 Å². The summed E-state index contributed by atoms with van der Waals surface area (Å²) in [7, 11) is 0. The number of rotatable bonds is 2. The van der Waals surface area contributed by atoms with E-state index < -0.39 is 0 Å². The summed E-state index contributed by atoms with van der Waals surface area (Å²) in [5, 5.41) is 0.945. The van der Waals surface area contributed by atoms with Crippen molar-refractivity contribution in [2.45, 2.75) is 20.0 Å². The molecule has 2 N–H and O–H groups in total. The van der Waals surface area contributed by atoms with Crippen LogP contribution in [0, 0.1) is 0 Å². The molecule has 2 heterocycles. The number of anilines is 1. The van der Waals surface area contributed by atoms with Crippen LogP contribution in [-0.4, -0.2) is 16.1 Å². The molecule has 2 aromatic heterocycles. The molecule has 0 radical (unpaired) electrons. The van der Waals surface area contributed by atoms with Crippen LogP contribution in [0.15, 0.2) is 24.4 Å². The first-order valence-corrected chi connectivity index (χ1v) is 4.84.